The summed E-state index contributed by atoms with van der Waals surface area (Å²) >= 11 is 0. The van der Waals surface area contributed by atoms with Gasteiger partial charge in [-0.15, -0.1) is 0 Å². The predicted molar refractivity (Wildman–Crippen MR) is 90.3 cm³/mol. The van der Waals surface area contributed by atoms with Gasteiger partial charge in [0.1, 0.15) is 5.56 Å². The zero-order chi connectivity index (χ0) is 16.0. The van der Waals surface area contributed by atoms with Gasteiger partial charge in [-0.25, -0.2) is 0 Å². The van der Waals surface area contributed by atoms with Gasteiger partial charge in [0.15, 0.2) is 14.3 Å². The van der Waals surface area contributed by atoms with Crippen molar-refractivity contribution in [3.8, 4) is 4.90 Å². The predicted octanol–water partition coefficient (Wildman–Crippen LogP) is 6.75. The second-order valence-corrected chi connectivity index (χ2v) is 7.22. The molecular formula is C19H12F3S+. The molecule has 114 valence electrons. The standard InChI is InChI=1S/C19H12F3S/c20-19(21,22)15-9-3-6-12-18(15)23-16-10-4-1-7-13(16)14-8-2-5-11-17(14)23/h1-12H/q+1. The SMILES string of the molecule is FC(F)(F)c1ccccc1-[s+]1c2ccccc2c2ccccc21. The van der Waals surface area contributed by atoms with Gasteiger partial charge in [-0.2, -0.15) is 13.2 Å². The Morgan fingerprint density at radius 1 is 0.609 bits per heavy atom. The zero-order valence-corrected chi connectivity index (χ0v) is 12.8. The number of fused-ring (bicyclic) bond motifs is 3. The maximum absolute atomic E-state index is 13.5. The molecule has 0 unspecified atom stereocenters. The Hall–Kier alpha value is -2.33. The van der Waals surface area contributed by atoms with E-state index in [1.807, 2.05) is 48.5 Å². The topological polar surface area (TPSA) is 0 Å². The maximum Gasteiger partial charge on any atom is 0.421 e. The first kappa shape index (κ1) is 14.3. The number of hydrogen-bond acceptors (Lipinski definition) is 0. The highest BCUT2D eigenvalue weighted by molar-refractivity contribution is 7.50. The number of hydrogen-bond donors (Lipinski definition) is 0. The van der Waals surface area contributed by atoms with Crippen LogP contribution in [0.1, 0.15) is 5.56 Å². The van der Waals surface area contributed by atoms with Crippen LogP contribution in [0.3, 0.4) is 0 Å². The van der Waals surface area contributed by atoms with E-state index in [2.05, 4.69) is 0 Å². The Balaban J connectivity index is 2.18. The first-order chi connectivity index (χ1) is 11.1. The molecule has 0 saturated carbocycles. The average molecular weight is 329 g/mol. The van der Waals surface area contributed by atoms with Crippen LogP contribution in [-0.4, -0.2) is 0 Å². The molecule has 0 aliphatic carbocycles. The summed E-state index contributed by atoms with van der Waals surface area (Å²) in [6, 6.07) is 21.4. The highest BCUT2D eigenvalue weighted by Gasteiger charge is 2.38. The van der Waals surface area contributed by atoms with E-state index in [0.29, 0.717) is 4.90 Å². The lowest BCUT2D eigenvalue weighted by molar-refractivity contribution is -0.136. The molecule has 23 heavy (non-hydrogen) atoms. The smallest absolute Gasteiger partial charge is 0.166 e. The molecule has 0 fully saturated rings. The van der Waals surface area contributed by atoms with Gasteiger partial charge in [0.25, 0.3) is 0 Å². The molecule has 0 radical (unpaired) electrons. The second kappa shape index (κ2) is 5.10. The van der Waals surface area contributed by atoms with Gasteiger partial charge in [0.05, 0.1) is 0 Å². The normalized spacial score (nSPS) is 12.1. The second-order valence-electron chi connectivity index (χ2n) is 5.29. The molecule has 0 spiro atoms. The van der Waals surface area contributed by atoms with Crippen molar-refractivity contribution in [2.75, 3.05) is 0 Å². The minimum absolute atomic E-state index is 0.345. The van der Waals surface area contributed by atoms with Crippen molar-refractivity contribution in [2.24, 2.45) is 0 Å². The van der Waals surface area contributed by atoms with Gasteiger partial charge in [0.2, 0.25) is 0 Å². The minimum atomic E-state index is -4.35. The third kappa shape index (κ3) is 2.21. The lowest BCUT2D eigenvalue weighted by Gasteiger charge is -2.07. The van der Waals surface area contributed by atoms with Crippen LogP contribution in [0, 0.1) is 0 Å². The first-order valence-corrected chi connectivity index (χ1v) is 8.39. The first-order valence-electron chi connectivity index (χ1n) is 7.16. The summed E-state index contributed by atoms with van der Waals surface area (Å²) in [5, 5.41) is 2.06. The van der Waals surface area contributed by atoms with E-state index in [1.165, 1.54) is 12.1 Å². The maximum atomic E-state index is 13.5. The number of thiophene rings is 1. The lowest BCUT2D eigenvalue weighted by atomic mass is 10.2. The van der Waals surface area contributed by atoms with Crippen molar-refractivity contribution < 1.29 is 13.2 Å². The van der Waals surface area contributed by atoms with Crippen molar-refractivity contribution >= 4 is 30.6 Å². The fourth-order valence-electron chi connectivity index (χ4n) is 2.97. The van der Waals surface area contributed by atoms with E-state index in [0.717, 1.165) is 20.2 Å². The van der Waals surface area contributed by atoms with Gasteiger partial charge in [-0.05, 0) is 36.4 Å². The number of alkyl halides is 3. The number of halogens is 3. The van der Waals surface area contributed by atoms with Crippen molar-refractivity contribution in [3.63, 3.8) is 0 Å². The molecule has 1 heterocycles. The molecule has 0 N–H and O–H groups in total. The molecule has 4 heteroatoms. The molecule has 0 saturated heterocycles. The lowest BCUT2D eigenvalue weighted by Crippen LogP contribution is -2.05. The zero-order valence-electron chi connectivity index (χ0n) is 12.0. The molecular weight excluding hydrogens is 317 g/mol. The number of benzene rings is 3. The summed E-state index contributed by atoms with van der Waals surface area (Å²) in [6.45, 7) is 0. The monoisotopic (exact) mass is 329 g/mol. The van der Waals surface area contributed by atoms with Gasteiger partial charge in [-0.3, -0.25) is 0 Å². The molecule has 4 aromatic rings. The Morgan fingerprint density at radius 3 is 1.65 bits per heavy atom. The van der Waals surface area contributed by atoms with E-state index in [1.54, 1.807) is 12.1 Å². The fourth-order valence-corrected chi connectivity index (χ4v) is 5.52. The van der Waals surface area contributed by atoms with Gasteiger partial charge >= 0.3 is 6.18 Å². The van der Waals surface area contributed by atoms with Crippen molar-refractivity contribution in [1.29, 1.82) is 0 Å². The molecule has 0 bridgehead atoms. The molecule has 0 amide bonds. The Bertz CT molecular complexity index is 959. The summed E-state index contributed by atoms with van der Waals surface area (Å²) in [5.41, 5.74) is -0.546. The van der Waals surface area contributed by atoms with Crippen molar-refractivity contribution in [3.05, 3.63) is 78.4 Å². The quantitative estimate of drug-likeness (QED) is 0.339. The van der Waals surface area contributed by atoms with Crippen LogP contribution in [0.2, 0.25) is 0 Å². The summed E-state index contributed by atoms with van der Waals surface area (Å²) in [6.07, 6.45) is -4.35. The fraction of sp³-hybridized carbons (Fsp3) is 0.0526. The van der Waals surface area contributed by atoms with Gasteiger partial charge in [-0.1, -0.05) is 36.4 Å². The Morgan fingerprint density at radius 2 is 1.09 bits per heavy atom. The van der Waals surface area contributed by atoms with E-state index in [-0.39, 0.29) is 0 Å². The third-order valence-electron chi connectivity index (χ3n) is 3.92. The highest BCUT2D eigenvalue weighted by Crippen LogP contribution is 2.51. The summed E-state index contributed by atoms with van der Waals surface area (Å²) in [5.74, 6) is 0. The number of rotatable bonds is 1. The van der Waals surface area contributed by atoms with Crippen LogP contribution in [0.4, 0.5) is 13.2 Å². The largest absolute Gasteiger partial charge is 0.421 e. The molecule has 0 atom stereocenters. The van der Waals surface area contributed by atoms with Crippen molar-refractivity contribution in [1.82, 2.24) is 0 Å². The Labute approximate surface area is 133 Å². The molecule has 4 rings (SSSR count). The summed E-state index contributed by atoms with van der Waals surface area (Å²) in [4.78, 5) is 0.345. The van der Waals surface area contributed by atoms with Crippen LogP contribution < -0.4 is 0 Å². The Kier molecular flexibility index (Phi) is 3.16. The minimum Gasteiger partial charge on any atom is -0.166 e. The third-order valence-corrected chi connectivity index (χ3v) is 6.30. The summed E-state index contributed by atoms with van der Waals surface area (Å²) in [7, 11) is -0.719. The van der Waals surface area contributed by atoms with Gasteiger partial charge < -0.3 is 0 Å². The molecule has 0 aliphatic rings. The van der Waals surface area contributed by atoms with E-state index in [4.69, 9.17) is 0 Å². The van der Waals surface area contributed by atoms with Crippen LogP contribution in [0.25, 0.3) is 25.1 Å². The van der Waals surface area contributed by atoms with Crippen molar-refractivity contribution in [2.45, 2.75) is 6.18 Å². The molecule has 0 nitrogen and oxygen atoms in total. The highest BCUT2D eigenvalue weighted by atomic mass is 32.2. The van der Waals surface area contributed by atoms with E-state index < -0.39 is 22.2 Å². The average Bonchev–Trinajstić information content (AvgIpc) is 2.88. The molecule has 0 aliphatic heterocycles. The van der Waals surface area contributed by atoms with Gasteiger partial charge in [0, 0.05) is 21.2 Å². The van der Waals surface area contributed by atoms with Crippen LogP contribution in [0.15, 0.2) is 72.8 Å². The van der Waals surface area contributed by atoms with Crippen LogP contribution >= 0.6 is 10.5 Å². The van der Waals surface area contributed by atoms with Crippen LogP contribution in [0.5, 0.6) is 0 Å². The van der Waals surface area contributed by atoms with E-state index in [9.17, 15) is 13.2 Å². The molecule has 3 aromatic carbocycles. The molecule has 1 aromatic heterocycles. The van der Waals surface area contributed by atoms with E-state index >= 15 is 0 Å². The summed E-state index contributed by atoms with van der Waals surface area (Å²) < 4.78 is 42.3. The van der Waals surface area contributed by atoms with Crippen LogP contribution in [-0.2, 0) is 6.18 Å².